The van der Waals surface area contributed by atoms with E-state index in [1.165, 1.54) is 37.7 Å². The summed E-state index contributed by atoms with van der Waals surface area (Å²) in [5.41, 5.74) is 2.36. The highest BCUT2D eigenvalue weighted by Crippen LogP contribution is 2.40. The van der Waals surface area contributed by atoms with Crippen LogP contribution in [0, 0.1) is 0 Å². The molecular weight excluding hydrogens is 380 g/mol. The van der Waals surface area contributed by atoms with Gasteiger partial charge in [-0.15, -0.1) is 0 Å². The van der Waals surface area contributed by atoms with E-state index in [-0.39, 0.29) is 18.2 Å². The van der Waals surface area contributed by atoms with Gasteiger partial charge in [0.25, 0.3) is 0 Å². The molecule has 0 radical (unpaired) electrons. The molecule has 6 heteroatoms. The Morgan fingerprint density at radius 2 is 2.00 bits per heavy atom. The van der Waals surface area contributed by atoms with Gasteiger partial charge in [-0.25, -0.2) is 0 Å². The maximum Gasteiger partial charge on any atom is 0.170 e. The Bertz CT molecular complexity index is 826. The first-order chi connectivity index (χ1) is 14.3. The van der Waals surface area contributed by atoms with Crippen molar-refractivity contribution in [3.8, 4) is 0 Å². The van der Waals surface area contributed by atoms with Crippen molar-refractivity contribution in [3.05, 3.63) is 54.1 Å². The second-order valence-corrected chi connectivity index (χ2v) is 8.98. The van der Waals surface area contributed by atoms with Gasteiger partial charge in [-0.1, -0.05) is 25.3 Å². The predicted molar refractivity (Wildman–Crippen MR) is 118 cm³/mol. The van der Waals surface area contributed by atoms with E-state index in [0.717, 1.165) is 36.8 Å². The van der Waals surface area contributed by atoms with Gasteiger partial charge in [0.2, 0.25) is 0 Å². The van der Waals surface area contributed by atoms with Crippen LogP contribution in [0.4, 0.5) is 0 Å². The summed E-state index contributed by atoms with van der Waals surface area (Å²) >= 11 is 5.79. The maximum atomic E-state index is 5.94. The Balaban J connectivity index is 1.45. The second kappa shape index (κ2) is 8.44. The third-order valence-corrected chi connectivity index (χ3v) is 7.05. The Hall–Kier alpha value is -1.92. The van der Waals surface area contributed by atoms with Gasteiger partial charge in [0.05, 0.1) is 23.9 Å². The van der Waals surface area contributed by atoms with Crippen molar-refractivity contribution in [3.63, 3.8) is 0 Å². The molecule has 1 N–H and O–H groups in total. The number of aromatic nitrogens is 2. The lowest BCUT2D eigenvalue weighted by Gasteiger charge is -2.29. The lowest BCUT2D eigenvalue weighted by Crippen LogP contribution is -2.36. The number of thiocarbonyl (C=S) groups is 1. The minimum atomic E-state index is 0.0623. The molecule has 3 fully saturated rings. The fourth-order valence-electron chi connectivity index (χ4n) is 5.18. The molecule has 3 aliphatic rings. The van der Waals surface area contributed by atoms with E-state index in [1.807, 2.05) is 12.3 Å². The van der Waals surface area contributed by atoms with E-state index in [2.05, 4.69) is 50.4 Å². The first-order valence-electron chi connectivity index (χ1n) is 11.1. The molecule has 4 heterocycles. The Kier molecular flexibility index (Phi) is 5.55. The summed E-state index contributed by atoms with van der Waals surface area (Å²) in [7, 11) is 0. The van der Waals surface area contributed by atoms with Crippen LogP contribution >= 0.6 is 12.2 Å². The summed E-state index contributed by atoms with van der Waals surface area (Å²) in [6.07, 6.45) is 15.7. The molecule has 1 aliphatic carbocycles. The van der Waals surface area contributed by atoms with Crippen LogP contribution in [-0.2, 0) is 4.74 Å². The van der Waals surface area contributed by atoms with Crippen molar-refractivity contribution in [1.82, 2.24) is 19.8 Å². The number of hydrogen-bond donors (Lipinski definition) is 1. The molecule has 0 amide bonds. The molecule has 29 heavy (non-hydrogen) atoms. The van der Waals surface area contributed by atoms with Gasteiger partial charge in [0.1, 0.15) is 0 Å². The number of nitrogens with one attached hydrogen (secondary N) is 1. The average Bonchev–Trinajstić information content (AvgIpc) is 3.51. The van der Waals surface area contributed by atoms with Crippen LogP contribution in [0.15, 0.2) is 42.9 Å². The molecule has 0 unspecified atom stereocenters. The zero-order valence-electron chi connectivity index (χ0n) is 16.9. The normalized spacial score (nSPS) is 28.1. The highest BCUT2D eigenvalue weighted by molar-refractivity contribution is 7.80. The largest absolute Gasteiger partial charge is 0.376 e. The van der Waals surface area contributed by atoms with Crippen molar-refractivity contribution in [1.29, 1.82) is 0 Å². The first-order valence-corrected chi connectivity index (χ1v) is 11.5. The van der Waals surface area contributed by atoms with E-state index in [9.17, 15) is 0 Å². The van der Waals surface area contributed by atoms with E-state index in [4.69, 9.17) is 17.0 Å². The van der Waals surface area contributed by atoms with Crippen molar-refractivity contribution in [2.45, 2.75) is 69.2 Å². The standard InChI is InChI=1S/C23H30N4OS/c29-23-25-21(20-10-4-5-12-24-20)22(27(23)16-19-9-6-14-28-19)17-11-13-26(15-17)18-7-2-1-3-8-18/h4-5,10-13,15,18-19,21-22H,1-3,6-9,14,16H2,(H,25,29)/t19-,21-,22-/m1/s1. The first kappa shape index (κ1) is 19.1. The third kappa shape index (κ3) is 3.92. The minimum absolute atomic E-state index is 0.0623. The van der Waals surface area contributed by atoms with E-state index >= 15 is 0 Å². The molecule has 154 valence electrons. The van der Waals surface area contributed by atoms with E-state index < -0.39 is 0 Å². The molecule has 2 aliphatic heterocycles. The molecule has 5 nitrogen and oxygen atoms in total. The van der Waals surface area contributed by atoms with Crippen LogP contribution in [0.5, 0.6) is 0 Å². The second-order valence-electron chi connectivity index (χ2n) is 8.60. The number of hydrogen-bond acceptors (Lipinski definition) is 3. The monoisotopic (exact) mass is 410 g/mol. The zero-order chi connectivity index (χ0) is 19.6. The fraction of sp³-hybridized carbons (Fsp3) is 0.565. The fourth-order valence-corrected chi connectivity index (χ4v) is 5.50. The molecule has 0 spiro atoms. The number of nitrogens with zero attached hydrogens (tertiary/aromatic N) is 3. The highest BCUT2D eigenvalue weighted by Gasteiger charge is 2.41. The van der Waals surface area contributed by atoms with Gasteiger partial charge < -0.3 is 19.5 Å². The van der Waals surface area contributed by atoms with Gasteiger partial charge in [-0.05, 0) is 61.7 Å². The van der Waals surface area contributed by atoms with Crippen LogP contribution in [0.3, 0.4) is 0 Å². The summed E-state index contributed by atoms with van der Waals surface area (Å²) in [5.74, 6) is 0. The van der Waals surface area contributed by atoms with Crippen LogP contribution < -0.4 is 5.32 Å². The summed E-state index contributed by atoms with van der Waals surface area (Å²) in [6.45, 7) is 1.71. The summed E-state index contributed by atoms with van der Waals surface area (Å²) in [4.78, 5) is 6.99. The lowest BCUT2D eigenvalue weighted by molar-refractivity contribution is 0.0842. The van der Waals surface area contributed by atoms with E-state index in [0.29, 0.717) is 6.04 Å². The van der Waals surface area contributed by atoms with Crippen LogP contribution in [-0.4, -0.2) is 38.8 Å². The van der Waals surface area contributed by atoms with Crippen LogP contribution in [0.2, 0.25) is 0 Å². The SMILES string of the molecule is S=C1N[C@H](c2ccccn2)[C@@H](c2ccn(C3CCCCC3)c2)N1C[C@H]1CCCO1. The number of pyridine rings is 1. The summed E-state index contributed by atoms with van der Waals surface area (Å²) in [6, 6.07) is 9.25. The molecule has 5 rings (SSSR count). The summed E-state index contributed by atoms with van der Waals surface area (Å²) in [5, 5.41) is 4.37. The maximum absolute atomic E-state index is 5.94. The van der Waals surface area contributed by atoms with Crippen molar-refractivity contribution in [2.75, 3.05) is 13.2 Å². The molecule has 0 bridgehead atoms. The quantitative estimate of drug-likeness (QED) is 0.733. The van der Waals surface area contributed by atoms with Crippen LogP contribution in [0.1, 0.15) is 74.3 Å². The van der Waals surface area contributed by atoms with Gasteiger partial charge in [0, 0.05) is 37.8 Å². The Labute approximate surface area is 178 Å². The van der Waals surface area contributed by atoms with Gasteiger partial charge in [-0.2, -0.15) is 0 Å². The van der Waals surface area contributed by atoms with Crippen molar-refractivity contribution >= 4 is 17.3 Å². The minimum Gasteiger partial charge on any atom is -0.376 e. The van der Waals surface area contributed by atoms with Gasteiger partial charge >= 0.3 is 0 Å². The molecular formula is C23H30N4OS. The van der Waals surface area contributed by atoms with Crippen molar-refractivity contribution in [2.24, 2.45) is 0 Å². The predicted octanol–water partition coefficient (Wildman–Crippen LogP) is 4.54. The van der Waals surface area contributed by atoms with Crippen molar-refractivity contribution < 1.29 is 4.74 Å². The lowest BCUT2D eigenvalue weighted by atomic mass is 9.95. The highest BCUT2D eigenvalue weighted by atomic mass is 32.1. The number of rotatable bonds is 5. The summed E-state index contributed by atoms with van der Waals surface area (Å²) < 4.78 is 8.38. The van der Waals surface area contributed by atoms with Crippen LogP contribution in [0.25, 0.3) is 0 Å². The smallest absolute Gasteiger partial charge is 0.170 e. The molecule has 2 aromatic rings. The zero-order valence-corrected chi connectivity index (χ0v) is 17.7. The topological polar surface area (TPSA) is 42.3 Å². The molecule has 3 atom stereocenters. The molecule has 2 saturated heterocycles. The number of ether oxygens (including phenoxy) is 1. The molecule has 0 aromatic carbocycles. The average molecular weight is 411 g/mol. The Morgan fingerprint density at radius 1 is 1.10 bits per heavy atom. The third-order valence-electron chi connectivity index (χ3n) is 6.70. The van der Waals surface area contributed by atoms with Gasteiger partial charge in [0.15, 0.2) is 5.11 Å². The Morgan fingerprint density at radius 3 is 2.76 bits per heavy atom. The molecule has 1 saturated carbocycles. The van der Waals surface area contributed by atoms with E-state index in [1.54, 1.807) is 0 Å². The van der Waals surface area contributed by atoms with Gasteiger partial charge in [-0.3, -0.25) is 4.98 Å². The molecule has 2 aromatic heterocycles.